The van der Waals surface area contributed by atoms with Crippen LogP contribution in [0.4, 0.5) is 4.39 Å². The Morgan fingerprint density at radius 2 is 1.60 bits per heavy atom. The number of benzene rings is 3. The van der Waals surface area contributed by atoms with Gasteiger partial charge in [-0.05, 0) is 71.1 Å². The van der Waals surface area contributed by atoms with Crippen molar-refractivity contribution in [1.82, 2.24) is 0 Å². The minimum Gasteiger partial charge on any atom is -0.468 e. The molecular weight excluding hydrogens is 455 g/mol. The minimum atomic E-state index is -3.15. The number of rotatable bonds is 7. The Hall–Kier alpha value is -2.76. The summed E-state index contributed by atoms with van der Waals surface area (Å²) in [6.07, 6.45) is 2.78. The van der Waals surface area contributed by atoms with E-state index in [2.05, 4.69) is 13.8 Å². The van der Waals surface area contributed by atoms with Crippen molar-refractivity contribution in [3.8, 4) is 0 Å². The van der Waals surface area contributed by atoms with Crippen molar-refractivity contribution in [3.05, 3.63) is 95.8 Å². The van der Waals surface area contributed by atoms with Gasteiger partial charge in [-0.15, -0.1) is 0 Å². The molecule has 184 valence electrons. The second-order valence-electron chi connectivity index (χ2n) is 10.6. The third-order valence-corrected chi connectivity index (χ3v) is 12.6. The van der Waals surface area contributed by atoms with E-state index in [9.17, 15) is 14.0 Å². The number of carbonyl (C=O) groups excluding carboxylic acids is 1. The van der Waals surface area contributed by atoms with Crippen LogP contribution in [0, 0.1) is 18.7 Å². The summed E-state index contributed by atoms with van der Waals surface area (Å²) in [5.41, 5.74) is 0.376. The molecule has 1 saturated carbocycles. The quantitative estimate of drug-likeness (QED) is 0.363. The van der Waals surface area contributed by atoms with E-state index in [0.29, 0.717) is 18.4 Å². The van der Waals surface area contributed by atoms with Crippen molar-refractivity contribution in [2.75, 3.05) is 7.11 Å². The third-order valence-electron chi connectivity index (χ3n) is 8.14. The Kier molecular flexibility index (Phi) is 7.03. The lowest BCUT2D eigenvalue weighted by Gasteiger charge is -2.43. The molecule has 0 bridgehead atoms. The molecule has 2 atom stereocenters. The van der Waals surface area contributed by atoms with E-state index in [-0.39, 0.29) is 17.7 Å². The zero-order valence-electron chi connectivity index (χ0n) is 21.1. The molecule has 0 radical (unpaired) electrons. The molecule has 3 aromatic carbocycles. The van der Waals surface area contributed by atoms with E-state index in [1.807, 2.05) is 66.7 Å². The summed E-state index contributed by atoms with van der Waals surface area (Å²) < 4.78 is 19.8. The van der Waals surface area contributed by atoms with E-state index in [1.54, 1.807) is 13.0 Å². The second kappa shape index (κ2) is 9.71. The highest BCUT2D eigenvalue weighted by molar-refractivity contribution is 6.98. The predicted octanol–water partition coefficient (Wildman–Crippen LogP) is 5.27. The van der Waals surface area contributed by atoms with Crippen LogP contribution in [0.15, 0.2) is 78.9 Å². The van der Waals surface area contributed by atoms with Crippen molar-refractivity contribution in [2.45, 2.75) is 56.9 Å². The monoisotopic (exact) mass is 490 g/mol. The van der Waals surface area contributed by atoms with Crippen LogP contribution in [0.3, 0.4) is 0 Å². The number of halogens is 1. The summed E-state index contributed by atoms with van der Waals surface area (Å²) in [5, 5.41) is 1.55. The molecule has 0 aliphatic heterocycles. The lowest BCUT2D eigenvalue weighted by atomic mass is 9.75. The van der Waals surface area contributed by atoms with Crippen LogP contribution < -0.4 is 10.4 Å². The largest absolute Gasteiger partial charge is 0.468 e. The fourth-order valence-corrected chi connectivity index (χ4v) is 10.2. The number of hydrogen-bond donors (Lipinski definition) is 1. The lowest BCUT2D eigenvalue weighted by Crippen LogP contribution is -2.65. The van der Waals surface area contributed by atoms with E-state index in [0.717, 1.165) is 28.8 Å². The fraction of sp³-hybridized carbons (Fsp3) is 0.367. The summed E-state index contributed by atoms with van der Waals surface area (Å²) >= 11 is 0. The lowest BCUT2D eigenvalue weighted by molar-refractivity contribution is -0.147. The van der Waals surface area contributed by atoms with Gasteiger partial charge in [-0.3, -0.25) is 4.79 Å². The fourth-order valence-electron chi connectivity index (χ4n) is 6.36. The summed E-state index contributed by atoms with van der Waals surface area (Å²) in [6.45, 7) is 6.05. The van der Waals surface area contributed by atoms with Gasteiger partial charge in [-0.1, -0.05) is 86.6 Å². The molecule has 1 N–H and O–H groups in total. The highest BCUT2D eigenvalue weighted by atomic mass is 28.4. The summed E-state index contributed by atoms with van der Waals surface area (Å²) in [5.74, 6) is -0.409. The van der Waals surface area contributed by atoms with E-state index in [4.69, 9.17) is 4.74 Å². The molecule has 1 fully saturated rings. The normalized spacial score (nSPS) is 20.6. The Labute approximate surface area is 209 Å². The SMILES string of the molecule is COC(=O)[C@]1(c2cccc(F)c2C)CC[C@H](CC(C)(C)[Si](O)(c2ccccc2)c2ccccc2)C1. The van der Waals surface area contributed by atoms with Crippen LogP contribution >= 0.6 is 0 Å². The van der Waals surface area contributed by atoms with Crippen LogP contribution in [0.2, 0.25) is 5.04 Å². The molecule has 0 spiro atoms. The maximum absolute atomic E-state index is 14.5. The second-order valence-corrected chi connectivity index (χ2v) is 14.6. The van der Waals surface area contributed by atoms with Crippen LogP contribution in [-0.4, -0.2) is 26.2 Å². The van der Waals surface area contributed by atoms with Gasteiger partial charge in [0.2, 0.25) is 0 Å². The first-order valence-electron chi connectivity index (χ1n) is 12.3. The standard InChI is InChI=1S/C30H35FO3Si/c1-22-26(16-11-17-27(22)31)30(28(32)34-4)19-18-23(21-30)20-29(2,3)35(33,24-12-7-5-8-13-24)25-14-9-6-10-15-25/h5-17,23,33H,18-21H2,1-4H3/t23-,30-/m1/s1. The molecule has 1 aliphatic carbocycles. The molecule has 35 heavy (non-hydrogen) atoms. The predicted molar refractivity (Wildman–Crippen MR) is 141 cm³/mol. The Morgan fingerprint density at radius 1 is 1.03 bits per heavy atom. The average molecular weight is 491 g/mol. The van der Waals surface area contributed by atoms with Crippen molar-refractivity contribution in [3.63, 3.8) is 0 Å². The minimum absolute atomic E-state index is 0.193. The van der Waals surface area contributed by atoms with Crippen molar-refractivity contribution in [1.29, 1.82) is 0 Å². The number of methoxy groups -OCH3 is 1. The Morgan fingerprint density at radius 3 is 2.14 bits per heavy atom. The van der Waals surface area contributed by atoms with Crippen LogP contribution in [0.5, 0.6) is 0 Å². The third kappa shape index (κ3) is 4.36. The number of ether oxygens (including phenoxy) is 1. The summed E-state index contributed by atoms with van der Waals surface area (Å²) in [6, 6.07) is 25.0. The molecule has 4 rings (SSSR count). The topological polar surface area (TPSA) is 46.5 Å². The van der Waals surface area contributed by atoms with Gasteiger partial charge < -0.3 is 9.53 Å². The molecule has 0 unspecified atom stereocenters. The van der Waals surface area contributed by atoms with Gasteiger partial charge in [0.05, 0.1) is 12.5 Å². The first kappa shape index (κ1) is 25.3. The van der Waals surface area contributed by atoms with Gasteiger partial charge in [0.25, 0.3) is 8.32 Å². The molecular formula is C30H35FO3Si. The molecule has 3 aromatic rings. The highest BCUT2D eigenvalue weighted by Crippen LogP contribution is 2.52. The average Bonchev–Trinajstić information content (AvgIpc) is 3.29. The van der Waals surface area contributed by atoms with E-state index < -0.39 is 18.8 Å². The van der Waals surface area contributed by atoms with Crippen molar-refractivity contribution in [2.24, 2.45) is 5.92 Å². The van der Waals surface area contributed by atoms with Gasteiger partial charge in [0.15, 0.2) is 0 Å². The number of carbonyl (C=O) groups is 1. The van der Waals surface area contributed by atoms with Crippen molar-refractivity contribution < 1.29 is 18.7 Å². The summed E-state index contributed by atoms with van der Waals surface area (Å²) in [7, 11) is -1.74. The van der Waals surface area contributed by atoms with Gasteiger partial charge in [0.1, 0.15) is 5.82 Å². The van der Waals surface area contributed by atoms with Gasteiger partial charge in [-0.25, -0.2) is 4.39 Å². The van der Waals surface area contributed by atoms with Gasteiger partial charge in [0, 0.05) is 0 Å². The molecule has 0 aromatic heterocycles. The Balaban J connectivity index is 1.71. The first-order valence-corrected chi connectivity index (χ1v) is 14.3. The van der Waals surface area contributed by atoms with Gasteiger partial charge in [-0.2, -0.15) is 0 Å². The van der Waals surface area contributed by atoms with E-state index in [1.165, 1.54) is 13.2 Å². The summed E-state index contributed by atoms with van der Waals surface area (Å²) in [4.78, 5) is 25.7. The van der Waals surface area contributed by atoms with Crippen LogP contribution in [0.25, 0.3) is 0 Å². The highest BCUT2D eigenvalue weighted by Gasteiger charge is 2.54. The molecule has 0 heterocycles. The van der Waals surface area contributed by atoms with Crippen LogP contribution in [0.1, 0.15) is 50.7 Å². The Bertz CT molecular complexity index is 1140. The maximum Gasteiger partial charge on any atom is 0.316 e. The molecule has 0 saturated heterocycles. The van der Waals surface area contributed by atoms with E-state index >= 15 is 0 Å². The first-order chi connectivity index (χ1) is 16.7. The zero-order valence-corrected chi connectivity index (χ0v) is 22.1. The van der Waals surface area contributed by atoms with Crippen molar-refractivity contribution >= 4 is 24.7 Å². The molecule has 5 heteroatoms. The smallest absolute Gasteiger partial charge is 0.316 e. The zero-order chi connectivity index (χ0) is 25.3. The maximum atomic E-state index is 14.5. The molecule has 0 amide bonds. The molecule has 3 nitrogen and oxygen atoms in total. The number of hydrogen-bond acceptors (Lipinski definition) is 3. The van der Waals surface area contributed by atoms with Gasteiger partial charge >= 0.3 is 5.97 Å². The van der Waals surface area contributed by atoms with Crippen LogP contribution in [-0.2, 0) is 14.9 Å². The number of esters is 1. The molecule has 1 aliphatic rings.